The highest BCUT2D eigenvalue weighted by atomic mass is 79.9. The fraction of sp³-hybridized carbons (Fsp3) is 0.0800. The summed E-state index contributed by atoms with van der Waals surface area (Å²) in [7, 11) is 1.46. The van der Waals surface area contributed by atoms with Gasteiger partial charge in [0.25, 0.3) is 11.8 Å². The zero-order valence-electron chi connectivity index (χ0n) is 17.8. The second-order valence-electron chi connectivity index (χ2n) is 7.42. The summed E-state index contributed by atoms with van der Waals surface area (Å²) in [6.07, 6.45) is 1.66. The Morgan fingerprint density at radius 2 is 1.82 bits per heavy atom. The molecule has 6 nitrogen and oxygen atoms in total. The predicted octanol–water partition coefficient (Wildman–Crippen LogP) is 5.51. The number of imide groups is 2. The quantitative estimate of drug-likeness (QED) is 0.340. The zero-order valence-corrected chi connectivity index (χ0v) is 20.1. The average molecular weight is 544 g/mol. The van der Waals surface area contributed by atoms with Gasteiger partial charge in [0, 0.05) is 21.5 Å². The van der Waals surface area contributed by atoms with Gasteiger partial charge in [-0.2, -0.15) is 0 Å². The third kappa shape index (κ3) is 4.88. The van der Waals surface area contributed by atoms with Crippen molar-refractivity contribution >= 4 is 57.1 Å². The van der Waals surface area contributed by atoms with E-state index in [-0.39, 0.29) is 11.4 Å². The van der Waals surface area contributed by atoms with Gasteiger partial charge in [-0.05, 0) is 65.7 Å². The Morgan fingerprint density at radius 1 is 1.09 bits per heavy atom. The van der Waals surface area contributed by atoms with Crippen LogP contribution in [0.15, 0.2) is 70.7 Å². The van der Waals surface area contributed by atoms with Crippen LogP contribution in [0.5, 0.6) is 5.75 Å². The lowest BCUT2D eigenvalue weighted by molar-refractivity contribution is -0.122. The van der Waals surface area contributed by atoms with Crippen molar-refractivity contribution in [2.45, 2.75) is 6.42 Å². The van der Waals surface area contributed by atoms with Crippen LogP contribution >= 0.6 is 27.5 Å². The molecule has 1 heterocycles. The van der Waals surface area contributed by atoms with E-state index in [0.29, 0.717) is 39.6 Å². The third-order valence-electron chi connectivity index (χ3n) is 5.16. The maximum absolute atomic E-state index is 13.6. The summed E-state index contributed by atoms with van der Waals surface area (Å²) >= 11 is 9.80. The Bertz CT molecular complexity index is 1340. The fourth-order valence-electron chi connectivity index (χ4n) is 3.57. The first-order chi connectivity index (χ1) is 16.3. The summed E-state index contributed by atoms with van der Waals surface area (Å²) in [5.41, 5.74) is 1.83. The van der Waals surface area contributed by atoms with E-state index in [1.54, 1.807) is 48.5 Å². The molecule has 0 aromatic heterocycles. The molecule has 0 spiro atoms. The van der Waals surface area contributed by atoms with Crippen LogP contribution in [0.3, 0.4) is 0 Å². The van der Waals surface area contributed by atoms with Crippen molar-refractivity contribution in [1.29, 1.82) is 0 Å². The van der Waals surface area contributed by atoms with E-state index in [2.05, 4.69) is 21.2 Å². The highest BCUT2D eigenvalue weighted by Crippen LogP contribution is 2.32. The van der Waals surface area contributed by atoms with Gasteiger partial charge in [0.1, 0.15) is 17.1 Å². The molecule has 4 rings (SSSR count). The molecule has 0 aliphatic carbocycles. The number of carbonyl (C=O) groups is 3. The Morgan fingerprint density at radius 3 is 2.50 bits per heavy atom. The Labute approximate surface area is 208 Å². The SMILES string of the molecule is COc1cc(/C=C2\C(=O)NC(=O)N(c3ccc(Br)cc3)C2=O)cc(Cl)c1Cc1cccc(F)c1. The van der Waals surface area contributed by atoms with Crippen LogP contribution in [0.25, 0.3) is 6.08 Å². The second-order valence-corrected chi connectivity index (χ2v) is 8.75. The van der Waals surface area contributed by atoms with Crippen molar-refractivity contribution in [3.05, 3.63) is 98.2 Å². The number of rotatable bonds is 5. The summed E-state index contributed by atoms with van der Waals surface area (Å²) in [4.78, 5) is 38.8. The van der Waals surface area contributed by atoms with Gasteiger partial charge in [-0.3, -0.25) is 14.9 Å². The molecule has 1 fully saturated rings. The van der Waals surface area contributed by atoms with Gasteiger partial charge in [-0.1, -0.05) is 39.7 Å². The standard InChI is InChI=1S/C25H17BrClFN2O4/c1-34-22-13-15(12-21(27)19(22)10-14-3-2-4-17(28)9-14)11-20-23(31)29-25(33)30(24(20)32)18-7-5-16(26)6-8-18/h2-9,11-13H,10H2,1H3,(H,29,31,33)/b20-11+. The minimum absolute atomic E-state index is 0.237. The van der Waals surface area contributed by atoms with Crippen molar-refractivity contribution in [3.63, 3.8) is 0 Å². The first kappa shape index (κ1) is 23.7. The molecule has 0 radical (unpaired) electrons. The predicted molar refractivity (Wildman–Crippen MR) is 130 cm³/mol. The van der Waals surface area contributed by atoms with Crippen LogP contribution in [0.2, 0.25) is 5.02 Å². The monoisotopic (exact) mass is 542 g/mol. The largest absolute Gasteiger partial charge is 0.496 e. The molecule has 1 saturated heterocycles. The highest BCUT2D eigenvalue weighted by Gasteiger charge is 2.36. The van der Waals surface area contributed by atoms with Crippen LogP contribution in [0, 0.1) is 5.82 Å². The number of benzene rings is 3. The van der Waals surface area contributed by atoms with E-state index in [9.17, 15) is 18.8 Å². The summed E-state index contributed by atoms with van der Waals surface area (Å²) in [5.74, 6) is -1.54. The van der Waals surface area contributed by atoms with Crippen LogP contribution < -0.4 is 15.0 Å². The highest BCUT2D eigenvalue weighted by molar-refractivity contribution is 9.10. The van der Waals surface area contributed by atoms with Crippen LogP contribution in [0.4, 0.5) is 14.9 Å². The van der Waals surface area contributed by atoms with Crippen molar-refractivity contribution in [3.8, 4) is 5.75 Å². The fourth-order valence-corrected chi connectivity index (χ4v) is 4.12. The third-order valence-corrected chi connectivity index (χ3v) is 6.03. The number of hydrogen-bond donors (Lipinski definition) is 1. The van der Waals surface area contributed by atoms with E-state index in [0.717, 1.165) is 9.37 Å². The van der Waals surface area contributed by atoms with Gasteiger partial charge in [0.05, 0.1) is 12.8 Å². The van der Waals surface area contributed by atoms with Gasteiger partial charge in [0.2, 0.25) is 0 Å². The summed E-state index contributed by atoms with van der Waals surface area (Å²) < 4.78 is 19.8. The molecule has 172 valence electrons. The normalized spacial score (nSPS) is 15.0. The van der Waals surface area contributed by atoms with Crippen LogP contribution in [0.1, 0.15) is 16.7 Å². The van der Waals surface area contributed by atoms with Gasteiger partial charge in [-0.15, -0.1) is 0 Å². The Balaban J connectivity index is 1.70. The first-order valence-electron chi connectivity index (χ1n) is 10.0. The van der Waals surface area contributed by atoms with E-state index in [1.165, 1.54) is 25.3 Å². The minimum Gasteiger partial charge on any atom is -0.496 e. The average Bonchev–Trinajstić information content (AvgIpc) is 2.79. The molecule has 0 atom stereocenters. The van der Waals surface area contributed by atoms with Crippen LogP contribution in [-0.2, 0) is 16.0 Å². The van der Waals surface area contributed by atoms with Crippen molar-refractivity contribution in [2.24, 2.45) is 0 Å². The maximum Gasteiger partial charge on any atom is 0.335 e. The second kappa shape index (κ2) is 9.79. The minimum atomic E-state index is -0.837. The Hall–Kier alpha value is -3.49. The molecule has 34 heavy (non-hydrogen) atoms. The van der Waals surface area contributed by atoms with Gasteiger partial charge < -0.3 is 4.74 Å². The smallest absolute Gasteiger partial charge is 0.335 e. The van der Waals surface area contributed by atoms with Gasteiger partial charge in [0.15, 0.2) is 0 Å². The van der Waals surface area contributed by atoms with E-state index in [1.807, 2.05) is 0 Å². The molecule has 4 amide bonds. The number of carbonyl (C=O) groups excluding carboxylic acids is 3. The van der Waals surface area contributed by atoms with Crippen LogP contribution in [-0.4, -0.2) is 25.0 Å². The maximum atomic E-state index is 13.6. The zero-order chi connectivity index (χ0) is 24.4. The van der Waals surface area contributed by atoms with Gasteiger partial charge >= 0.3 is 6.03 Å². The van der Waals surface area contributed by atoms with Crippen molar-refractivity contribution in [2.75, 3.05) is 12.0 Å². The molecule has 3 aromatic rings. The number of hydrogen-bond acceptors (Lipinski definition) is 4. The number of halogens is 3. The molecule has 1 N–H and O–H groups in total. The molecule has 1 aliphatic heterocycles. The lowest BCUT2D eigenvalue weighted by atomic mass is 10.00. The number of urea groups is 1. The molecular formula is C25H17BrClFN2O4. The van der Waals surface area contributed by atoms with E-state index < -0.39 is 17.8 Å². The van der Waals surface area contributed by atoms with Gasteiger partial charge in [-0.25, -0.2) is 14.1 Å². The summed E-state index contributed by atoms with van der Waals surface area (Å²) in [6, 6.07) is 15.0. The summed E-state index contributed by atoms with van der Waals surface area (Å²) in [6.45, 7) is 0. The van der Waals surface area contributed by atoms with E-state index in [4.69, 9.17) is 16.3 Å². The topological polar surface area (TPSA) is 75.7 Å². The molecule has 0 saturated carbocycles. The molecular weight excluding hydrogens is 527 g/mol. The molecule has 1 aliphatic rings. The molecule has 0 bridgehead atoms. The van der Waals surface area contributed by atoms with Crippen molar-refractivity contribution in [1.82, 2.24) is 5.32 Å². The molecule has 9 heteroatoms. The first-order valence-corrected chi connectivity index (χ1v) is 11.2. The number of nitrogens with one attached hydrogen (secondary N) is 1. The Kier molecular flexibility index (Phi) is 6.81. The molecule has 3 aromatic carbocycles. The number of ether oxygens (including phenoxy) is 1. The number of barbiturate groups is 1. The lowest BCUT2D eigenvalue weighted by Gasteiger charge is -2.26. The number of amides is 4. The summed E-state index contributed by atoms with van der Waals surface area (Å²) in [5, 5.41) is 2.50. The number of anilines is 1. The number of methoxy groups -OCH3 is 1. The van der Waals surface area contributed by atoms with Crippen molar-refractivity contribution < 1.29 is 23.5 Å². The number of nitrogens with zero attached hydrogens (tertiary/aromatic N) is 1. The molecule has 0 unspecified atom stereocenters. The van der Waals surface area contributed by atoms with E-state index >= 15 is 0 Å². The lowest BCUT2D eigenvalue weighted by Crippen LogP contribution is -2.54.